The van der Waals surface area contributed by atoms with Crippen LogP contribution in [0.5, 0.6) is 5.75 Å². The topological polar surface area (TPSA) is 68.9 Å². The smallest absolute Gasteiger partial charge is 0.163 e. The Morgan fingerprint density at radius 2 is 2.28 bits per heavy atom. The van der Waals surface area contributed by atoms with Crippen molar-refractivity contribution in [3.8, 4) is 5.75 Å². The Bertz CT molecular complexity index is 459. The number of ether oxygens (including phenoxy) is 1. The highest BCUT2D eigenvalue weighted by Gasteiger charge is 2.21. The Kier molecular flexibility index (Phi) is 3.99. The van der Waals surface area contributed by atoms with Crippen LogP contribution < -0.4 is 15.8 Å². The molecule has 5 nitrogen and oxygen atoms in total. The number of nitrogens with one attached hydrogen (secondary N) is 1. The van der Waals surface area contributed by atoms with Gasteiger partial charge in [-0.1, -0.05) is 5.16 Å². The minimum absolute atomic E-state index is 0.0244. The van der Waals surface area contributed by atoms with E-state index in [1.165, 1.54) is 0 Å². The molecule has 1 atom stereocenters. The molecule has 1 heterocycles. The van der Waals surface area contributed by atoms with Gasteiger partial charge in [-0.3, -0.25) is 0 Å². The summed E-state index contributed by atoms with van der Waals surface area (Å²) in [6.07, 6.45) is 0.714. The number of hydrogen-bond acceptors (Lipinski definition) is 4. The first kappa shape index (κ1) is 12.6. The van der Waals surface area contributed by atoms with E-state index in [-0.39, 0.29) is 11.2 Å². The Hall–Kier alpha value is -1.82. The fraction of sp³-hybridized carbons (Fsp3) is 0.333. The molecule has 1 aliphatic heterocycles. The van der Waals surface area contributed by atoms with Crippen LogP contribution in [0.4, 0.5) is 0 Å². The summed E-state index contributed by atoms with van der Waals surface area (Å²) < 4.78 is 5.11. The normalized spacial score (nSPS) is 17.8. The summed E-state index contributed by atoms with van der Waals surface area (Å²) in [4.78, 5) is 5.31. The molecule has 0 unspecified atom stereocenters. The molecule has 3 N–H and O–H groups in total. The maximum atomic E-state index is 5.36. The van der Waals surface area contributed by atoms with Crippen molar-refractivity contribution in [2.24, 2.45) is 10.9 Å². The van der Waals surface area contributed by atoms with Crippen molar-refractivity contribution in [3.63, 3.8) is 0 Å². The second kappa shape index (κ2) is 5.68. The standard InChI is InChI=1S/C12H15N3O2S/c1-16-9-4-2-8(3-5-9)11-6-10(17-15-11)7-14-12(13)18/h2-5,10H,6-7H2,1H3,(H3,13,14,18)/t10-/m1/s1. The number of oxime groups is 1. The van der Waals surface area contributed by atoms with E-state index in [0.717, 1.165) is 23.4 Å². The van der Waals surface area contributed by atoms with Gasteiger partial charge < -0.3 is 20.6 Å². The van der Waals surface area contributed by atoms with Crippen LogP contribution in [-0.4, -0.2) is 30.6 Å². The molecule has 0 aliphatic carbocycles. The van der Waals surface area contributed by atoms with Crippen LogP contribution in [0.3, 0.4) is 0 Å². The average Bonchev–Trinajstić information content (AvgIpc) is 2.85. The van der Waals surface area contributed by atoms with E-state index >= 15 is 0 Å². The van der Waals surface area contributed by atoms with Crippen LogP contribution in [0.2, 0.25) is 0 Å². The first-order valence-electron chi connectivity index (χ1n) is 5.59. The Labute approximate surface area is 111 Å². The lowest BCUT2D eigenvalue weighted by Crippen LogP contribution is -2.35. The molecule has 2 rings (SSSR count). The van der Waals surface area contributed by atoms with Crippen LogP contribution >= 0.6 is 12.2 Å². The molecule has 0 saturated heterocycles. The Balaban J connectivity index is 1.93. The third kappa shape index (κ3) is 3.10. The first-order valence-corrected chi connectivity index (χ1v) is 6.00. The van der Waals surface area contributed by atoms with Crippen LogP contribution in [0, 0.1) is 0 Å². The lowest BCUT2D eigenvalue weighted by molar-refractivity contribution is 0.0886. The molecular weight excluding hydrogens is 250 g/mol. The number of benzene rings is 1. The Morgan fingerprint density at radius 1 is 1.56 bits per heavy atom. The highest BCUT2D eigenvalue weighted by atomic mass is 32.1. The SMILES string of the molecule is COc1ccc(C2=NO[C@@H](CNC(N)=S)C2)cc1. The van der Waals surface area contributed by atoms with Crippen LogP contribution in [0.1, 0.15) is 12.0 Å². The molecule has 0 saturated carbocycles. The van der Waals surface area contributed by atoms with Crippen molar-refractivity contribution in [3.05, 3.63) is 29.8 Å². The zero-order chi connectivity index (χ0) is 13.0. The van der Waals surface area contributed by atoms with E-state index in [9.17, 15) is 0 Å². The molecule has 0 aromatic heterocycles. The van der Waals surface area contributed by atoms with Gasteiger partial charge in [0, 0.05) is 6.42 Å². The summed E-state index contributed by atoms with van der Waals surface area (Å²) in [5, 5.41) is 7.22. The van der Waals surface area contributed by atoms with Gasteiger partial charge in [-0.05, 0) is 42.0 Å². The van der Waals surface area contributed by atoms with Gasteiger partial charge in [0.2, 0.25) is 0 Å². The van der Waals surface area contributed by atoms with Gasteiger partial charge in [0.05, 0.1) is 19.4 Å². The molecule has 0 amide bonds. The van der Waals surface area contributed by atoms with Gasteiger partial charge in [0.15, 0.2) is 5.11 Å². The Morgan fingerprint density at radius 3 is 2.89 bits per heavy atom. The number of rotatable bonds is 4. The fourth-order valence-corrected chi connectivity index (χ4v) is 1.79. The molecular formula is C12H15N3O2S. The third-order valence-corrected chi connectivity index (χ3v) is 2.80. The van der Waals surface area contributed by atoms with Crippen LogP contribution in [0.15, 0.2) is 29.4 Å². The summed E-state index contributed by atoms with van der Waals surface area (Å²) in [6, 6.07) is 7.73. The minimum atomic E-state index is -0.0244. The molecule has 1 aliphatic rings. The lowest BCUT2D eigenvalue weighted by atomic mass is 10.1. The molecule has 0 spiro atoms. The van der Waals surface area contributed by atoms with Crippen molar-refractivity contribution >= 4 is 23.0 Å². The van der Waals surface area contributed by atoms with Crippen LogP contribution in [0.25, 0.3) is 0 Å². The monoisotopic (exact) mass is 265 g/mol. The van der Waals surface area contributed by atoms with E-state index in [1.807, 2.05) is 24.3 Å². The zero-order valence-corrected chi connectivity index (χ0v) is 10.9. The molecule has 1 aromatic carbocycles. The van der Waals surface area contributed by atoms with E-state index in [4.69, 9.17) is 27.5 Å². The van der Waals surface area contributed by atoms with Gasteiger partial charge >= 0.3 is 0 Å². The van der Waals surface area contributed by atoms with Crippen molar-refractivity contribution in [1.29, 1.82) is 0 Å². The van der Waals surface area contributed by atoms with Gasteiger partial charge in [-0.15, -0.1) is 0 Å². The molecule has 18 heavy (non-hydrogen) atoms. The van der Waals surface area contributed by atoms with Gasteiger partial charge in [-0.2, -0.15) is 0 Å². The van der Waals surface area contributed by atoms with Crippen molar-refractivity contribution in [1.82, 2.24) is 5.32 Å². The summed E-state index contributed by atoms with van der Waals surface area (Å²) >= 11 is 4.74. The summed E-state index contributed by atoms with van der Waals surface area (Å²) in [6.45, 7) is 0.568. The van der Waals surface area contributed by atoms with Crippen molar-refractivity contribution in [2.45, 2.75) is 12.5 Å². The van der Waals surface area contributed by atoms with E-state index in [2.05, 4.69) is 10.5 Å². The maximum absolute atomic E-state index is 5.36. The van der Waals surface area contributed by atoms with Crippen LogP contribution in [-0.2, 0) is 4.84 Å². The van der Waals surface area contributed by atoms with Gasteiger partial charge in [0.1, 0.15) is 11.9 Å². The van der Waals surface area contributed by atoms with E-state index in [0.29, 0.717) is 6.54 Å². The van der Waals surface area contributed by atoms with Crippen molar-refractivity contribution < 1.29 is 9.57 Å². The van der Waals surface area contributed by atoms with Gasteiger partial charge in [0.25, 0.3) is 0 Å². The molecule has 0 fully saturated rings. The highest BCUT2D eigenvalue weighted by molar-refractivity contribution is 7.80. The largest absolute Gasteiger partial charge is 0.497 e. The number of hydrogen-bond donors (Lipinski definition) is 2. The van der Waals surface area contributed by atoms with E-state index < -0.39 is 0 Å². The first-order chi connectivity index (χ1) is 8.69. The fourth-order valence-electron chi connectivity index (χ4n) is 1.71. The molecule has 0 radical (unpaired) electrons. The number of nitrogens with two attached hydrogens (primary N) is 1. The second-order valence-corrected chi connectivity index (χ2v) is 4.38. The number of nitrogens with zero attached hydrogens (tertiary/aromatic N) is 1. The average molecular weight is 265 g/mol. The molecule has 96 valence electrons. The quantitative estimate of drug-likeness (QED) is 0.796. The van der Waals surface area contributed by atoms with Gasteiger partial charge in [-0.25, -0.2) is 0 Å². The molecule has 1 aromatic rings. The number of methoxy groups -OCH3 is 1. The summed E-state index contributed by atoms with van der Waals surface area (Å²) in [5.41, 5.74) is 7.32. The number of thiocarbonyl (C=S) groups is 1. The predicted octanol–water partition coefficient (Wildman–Crippen LogP) is 1.02. The minimum Gasteiger partial charge on any atom is -0.497 e. The molecule has 6 heteroatoms. The zero-order valence-electron chi connectivity index (χ0n) is 10.1. The highest BCUT2D eigenvalue weighted by Crippen LogP contribution is 2.18. The summed E-state index contributed by atoms with van der Waals surface area (Å²) in [5.74, 6) is 0.824. The van der Waals surface area contributed by atoms with E-state index in [1.54, 1.807) is 7.11 Å². The predicted molar refractivity (Wildman–Crippen MR) is 73.8 cm³/mol. The molecule has 0 bridgehead atoms. The van der Waals surface area contributed by atoms with Crippen molar-refractivity contribution in [2.75, 3.05) is 13.7 Å². The summed E-state index contributed by atoms with van der Waals surface area (Å²) in [7, 11) is 1.64. The third-order valence-electron chi connectivity index (χ3n) is 2.66. The lowest BCUT2D eigenvalue weighted by Gasteiger charge is -2.08. The second-order valence-electron chi connectivity index (χ2n) is 3.94. The maximum Gasteiger partial charge on any atom is 0.163 e.